The first-order valence-corrected chi connectivity index (χ1v) is 21.3. The van der Waals surface area contributed by atoms with Crippen LogP contribution in [-0.4, -0.2) is 39.8 Å². The van der Waals surface area contributed by atoms with Gasteiger partial charge in [0.25, 0.3) is 0 Å². The van der Waals surface area contributed by atoms with Gasteiger partial charge in [-0.25, -0.2) is 0 Å². The molecular formula is C46H63ClN2O6. The van der Waals surface area contributed by atoms with Crippen LogP contribution in [0, 0.1) is 62.6 Å². The number of ketones is 1. The molecule has 0 bridgehead atoms. The van der Waals surface area contributed by atoms with Gasteiger partial charge in [-0.2, -0.15) is 0 Å². The zero-order valence-corrected chi connectivity index (χ0v) is 35.3. The van der Waals surface area contributed by atoms with Gasteiger partial charge in [0, 0.05) is 29.0 Å². The Morgan fingerprint density at radius 1 is 0.982 bits per heavy atom. The summed E-state index contributed by atoms with van der Waals surface area (Å²) in [5.74, 6) is 1.23. The summed E-state index contributed by atoms with van der Waals surface area (Å²) in [6.45, 7) is 19.1. The summed E-state index contributed by atoms with van der Waals surface area (Å²) in [5, 5.41) is 13.4. The third kappa shape index (κ3) is 6.82. The average Bonchev–Trinajstić information content (AvgIpc) is 3.78. The first kappa shape index (κ1) is 40.2. The molecule has 1 heterocycles. The number of carboxylic acids is 1. The molecule has 0 aromatic carbocycles. The molecule has 9 atom stereocenters. The monoisotopic (exact) mass is 774 g/mol. The van der Waals surface area contributed by atoms with Gasteiger partial charge >= 0.3 is 11.9 Å². The molecule has 0 spiro atoms. The van der Waals surface area contributed by atoms with Crippen molar-refractivity contribution in [3.05, 3.63) is 52.3 Å². The lowest BCUT2D eigenvalue weighted by molar-refractivity contribution is -0.196. The van der Waals surface area contributed by atoms with Crippen molar-refractivity contribution in [1.29, 1.82) is 0 Å². The van der Waals surface area contributed by atoms with Gasteiger partial charge in [-0.15, -0.1) is 0 Å². The second-order valence-electron chi connectivity index (χ2n) is 21.1. The van der Waals surface area contributed by atoms with E-state index in [4.69, 9.17) is 16.3 Å². The highest BCUT2D eigenvalue weighted by Gasteiger charge is 2.64. The Hall–Kier alpha value is -3.00. The summed E-state index contributed by atoms with van der Waals surface area (Å²) in [6.07, 6.45) is 14.2. The highest BCUT2D eigenvalue weighted by molar-refractivity contribution is 6.30. The molecule has 1 aromatic heterocycles. The van der Waals surface area contributed by atoms with Crippen molar-refractivity contribution < 1.29 is 29.0 Å². The minimum absolute atomic E-state index is 0.113. The van der Waals surface area contributed by atoms with E-state index in [0.29, 0.717) is 47.0 Å². The van der Waals surface area contributed by atoms with E-state index in [1.807, 2.05) is 12.1 Å². The number of pyridine rings is 1. The Balaban J connectivity index is 1.13. The van der Waals surface area contributed by atoms with Gasteiger partial charge in [-0.05, 0) is 142 Å². The number of hydrogen-bond acceptors (Lipinski definition) is 6. The third-order valence-electron chi connectivity index (χ3n) is 15.8. The lowest BCUT2D eigenvalue weighted by Gasteiger charge is -2.66. The van der Waals surface area contributed by atoms with Gasteiger partial charge in [0.2, 0.25) is 5.91 Å². The van der Waals surface area contributed by atoms with Crippen molar-refractivity contribution in [2.75, 3.05) is 0 Å². The van der Waals surface area contributed by atoms with Gasteiger partial charge in [0.1, 0.15) is 6.10 Å². The van der Waals surface area contributed by atoms with Crippen LogP contribution in [-0.2, 0) is 29.5 Å². The molecule has 2 N–H and O–H groups in total. The highest BCUT2D eigenvalue weighted by atomic mass is 35.5. The largest absolute Gasteiger partial charge is 0.481 e. The second kappa shape index (κ2) is 13.6. The third-order valence-corrected chi connectivity index (χ3v) is 16.0. The fourth-order valence-corrected chi connectivity index (χ4v) is 12.9. The van der Waals surface area contributed by atoms with E-state index in [1.165, 1.54) is 5.57 Å². The number of amides is 1. The van der Waals surface area contributed by atoms with Crippen molar-refractivity contribution >= 4 is 35.2 Å². The zero-order valence-electron chi connectivity index (χ0n) is 34.5. The number of ether oxygens (including phenoxy) is 1. The van der Waals surface area contributed by atoms with Crippen molar-refractivity contribution in [3.63, 3.8) is 0 Å². The van der Waals surface area contributed by atoms with E-state index >= 15 is 0 Å². The summed E-state index contributed by atoms with van der Waals surface area (Å²) in [7, 11) is 0. The number of hydrogen-bond donors (Lipinski definition) is 2. The van der Waals surface area contributed by atoms with Crippen LogP contribution in [0.15, 0.2) is 41.6 Å². The fourth-order valence-electron chi connectivity index (χ4n) is 12.8. The Morgan fingerprint density at radius 2 is 1.67 bits per heavy atom. The van der Waals surface area contributed by atoms with Crippen LogP contribution in [0.4, 0.5) is 0 Å². The maximum absolute atomic E-state index is 14.2. The molecule has 9 heteroatoms. The minimum Gasteiger partial charge on any atom is -0.481 e. The normalized spacial score (nSPS) is 36.3. The number of fused-ring (bicyclic) bond motifs is 7. The molecule has 5 saturated carbocycles. The quantitative estimate of drug-likeness (QED) is 0.199. The van der Waals surface area contributed by atoms with Crippen molar-refractivity contribution in [2.24, 2.45) is 62.6 Å². The lowest BCUT2D eigenvalue weighted by atomic mass is 9.39. The van der Waals surface area contributed by atoms with E-state index < -0.39 is 28.3 Å². The summed E-state index contributed by atoms with van der Waals surface area (Å²) in [4.78, 5) is 57.2. The van der Waals surface area contributed by atoms with E-state index in [1.54, 1.807) is 26.1 Å². The smallest absolute Gasteiger partial charge is 0.309 e. The molecule has 5 fully saturated rings. The molecule has 0 radical (unpaired) electrons. The number of halogens is 1. The van der Waals surface area contributed by atoms with Gasteiger partial charge in [-0.3, -0.25) is 24.2 Å². The molecule has 0 aliphatic heterocycles. The van der Waals surface area contributed by atoms with E-state index in [0.717, 1.165) is 69.1 Å². The number of nitrogens with zero attached hydrogens (tertiary/aromatic N) is 1. The molecule has 7 rings (SSSR count). The first-order valence-electron chi connectivity index (χ1n) is 20.9. The lowest BCUT2D eigenvalue weighted by Crippen LogP contribution is -2.60. The maximum atomic E-state index is 14.2. The Bertz CT molecular complexity index is 1820. The van der Waals surface area contributed by atoms with Crippen LogP contribution in [0.5, 0.6) is 0 Å². The van der Waals surface area contributed by atoms with Crippen LogP contribution < -0.4 is 5.32 Å². The van der Waals surface area contributed by atoms with Crippen molar-refractivity contribution in [3.8, 4) is 0 Å². The number of nitrogens with one attached hydrogen (secondary N) is 1. The van der Waals surface area contributed by atoms with Crippen LogP contribution >= 0.6 is 11.6 Å². The van der Waals surface area contributed by atoms with E-state index in [2.05, 4.69) is 64.8 Å². The van der Waals surface area contributed by atoms with Gasteiger partial charge in [0.15, 0.2) is 5.78 Å². The Morgan fingerprint density at radius 3 is 2.29 bits per heavy atom. The average molecular weight is 775 g/mol. The van der Waals surface area contributed by atoms with Crippen LogP contribution in [0.1, 0.15) is 139 Å². The zero-order chi connectivity index (χ0) is 40.1. The second-order valence-corrected chi connectivity index (χ2v) is 21.5. The number of carbonyl (C=O) groups is 4. The molecule has 55 heavy (non-hydrogen) atoms. The standard InChI is InChI=1S/C46H63ClN2O6/c1-26-22-34(55-36(52)24-42(5,6)40(53)54)43(7,8)30-14-17-44(9)29-15-18-45(19-16-35(51)49-46(20-21-46)33-13-10-27(47)25-48-33)23-32(50)39(41(2,3)4)38(45)28(29)11-12-31(44)37(26)30/h10,13,16,19,25-26,28-31,34,37H,11-12,14-15,17-18,20-24H2,1-9H3,(H,49,51)(H,53,54)/b19-16+/t26?,28-,29+,30+,31+,34-,37-,44-,45+/m0/s1. The van der Waals surface area contributed by atoms with Crippen molar-refractivity contribution in [1.82, 2.24) is 10.3 Å². The topological polar surface area (TPSA) is 123 Å². The Labute approximate surface area is 333 Å². The van der Waals surface area contributed by atoms with Crippen LogP contribution in [0.3, 0.4) is 0 Å². The number of carbonyl (C=O) groups excluding carboxylic acids is 3. The highest BCUT2D eigenvalue weighted by Crippen LogP contribution is 2.71. The van der Waals surface area contributed by atoms with Gasteiger partial charge < -0.3 is 15.2 Å². The summed E-state index contributed by atoms with van der Waals surface area (Å²) in [6, 6.07) is 3.71. The number of Topliss-reactive ketones (excluding diaryl/α,β-unsaturated/α-hetero) is 1. The fraction of sp³-hybridized carbons (Fsp3) is 0.717. The predicted octanol–water partition coefficient (Wildman–Crippen LogP) is 9.65. The summed E-state index contributed by atoms with van der Waals surface area (Å²) < 4.78 is 6.18. The number of allylic oxidation sites excluding steroid dienone is 3. The number of rotatable bonds is 8. The predicted molar refractivity (Wildman–Crippen MR) is 213 cm³/mol. The molecule has 300 valence electrons. The Kier molecular flexibility index (Phi) is 9.91. The van der Waals surface area contributed by atoms with Crippen LogP contribution in [0.2, 0.25) is 5.02 Å². The van der Waals surface area contributed by atoms with Crippen molar-refractivity contribution in [2.45, 2.75) is 145 Å². The molecule has 1 amide bonds. The SMILES string of the molecule is CC1C[C@H](OC(=O)CC(C)(C)C(=O)O)C(C)(C)[C@@H]2CC[C@]3(C)[C@H](CC[C@@H]4C5=C(C(C)(C)C)C(=O)C[C@]5(/C=C/C(=O)NC5(c6ccc(Cl)cn6)CC5)CC[C@H]43)[C@@H]12. The molecule has 8 nitrogen and oxygen atoms in total. The number of carboxylic acid groups (broad SMARTS) is 1. The van der Waals surface area contributed by atoms with E-state index in [9.17, 15) is 24.3 Å². The van der Waals surface area contributed by atoms with Gasteiger partial charge in [-0.1, -0.05) is 66.1 Å². The number of aromatic nitrogens is 1. The van der Waals surface area contributed by atoms with Crippen LogP contribution in [0.25, 0.3) is 0 Å². The molecule has 1 unspecified atom stereocenters. The molecule has 0 saturated heterocycles. The summed E-state index contributed by atoms with van der Waals surface area (Å²) in [5.41, 5.74) is 0.657. The molecule has 6 aliphatic rings. The molecule has 6 aliphatic carbocycles. The maximum Gasteiger partial charge on any atom is 0.309 e. The number of esters is 1. The van der Waals surface area contributed by atoms with Gasteiger partial charge in [0.05, 0.1) is 28.1 Å². The van der Waals surface area contributed by atoms with E-state index in [-0.39, 0.29) is 40.5 Å². The number of aliphatic carboxylic acids is 1. The minimum atomic E-state index is -1.17. The molecule has 1 aromatic rings. The first-order chi connectivity index (χ1) is 25.5. The molecular weight excluding hydrogens is 712 g/mol. The summed E-state index contributed by atoms with van der Waals surface area (Å²) >= 11 is 6.09.